The summed E-state index contributed by atoms with van der Waals surface area (Å²) in [5.74, 6) is 0.462. The molecule has 9 nitrogen and oxygen atoms in total. The molecule has 2 aliphatic rings. The number of aromatic amines is 1. The number of nitriles is 1. The first-order chi connectivity index (χ1) is 17.5. The van der Waals surface area contributed by atoms with Crippen LogP contribution >= 0.6 is 23.2 Å². The van der Waals surface area contributed by atoms with Gasteiger partial charge in [-0.2, -0.15) is 15.3 Å². The fourth-order valence-corrected chi connectivity index (χ4v) is 6.55. The van der Waals surface area contributed by atoms with E-state index in [4.69, 9.17) is 27.9 Å². The topological polar surface area (TPSA) is 120 Å². The Morgan fingerprint density at radius 3 is 2.68 bits per heavy atom. The predicted molar refractivity (Wildman–Crippen MR) is 146 cm³/mol. The Labute approximate surface area is 228 Å². The van der Waals surface area contributed by atoms with E-state index < -0.39 is 11.0 Å². The van der Waals surface area contributed by atoms with Crippen LogP contribution in [0.3, 0.4) is 0 Å². The highest BCUT2D eigenvalue weighted by molar-refractivity contribution is 7.84. The molecule has 2 saturated heterocycles. The Bertz CT molecular complexity index is 1410. The van der Waals surface area contributed by atoms with E-state index in [1.54, 1.807) is 12.1 Å². The molecule has 1 aromatic carbocycles. The summed E-state index contributed by atoms with van der Waals surface area (Å²) in [6.07, 6.45) is 1.61. The lowest BCUT2D eigenvalue weighted by atomic mass is 9.73. The number of anilines is 1. The smallest absolute Gasteiger partial charge is 0.228 e. The van der Waals surface area contributed by atoms with Crippen molar-refractivity contribution in [1.29, 1.82) is 5.26 Å². The van der Waals surface area contributed by atoms with Gasteiger partial charge in [0.25, 0.3) is 0 Å². The lowest BCUT2D eigenvalue weighted by molar-refractivity contribution is 0.0973. The molecule has 0 aliphatic carbocycles. The van der Waals surface area contributed by atoms with Crippen LogP contribution in [0.4, 0.5) is 5.95 Å². The van der Waals surface area contributed by atoms with E-state index in [9.17, 15) is 9.47 Å². The predicted octanol–water partition coefficient (Wildman–Crippen LogP) is 4.62. The zero-order chi connectivity index (χ0) is 26.5. The molecule has 5 rings (SSSR count). The minimum atomic E-state index is -1.19. The highest BCUT2D eigenvalue weighted by Crippen LogP contribution is 2.43. The molecule has 0 radical (unpaired) electrons. The van der Waals surface area contributed by atoms with Crippen molar-refractivity contribution in [3.05, 3.63) is 33.9 Å². The summed E-state index contributed by atoms with van der Waals surface area (Å²) in [5.41, 5.74) is 1.68. The number of halogens is 2. The van der Waals surface area contributed by atoms with Crippen LogP contribution in [-0.4, -0.2) is 61.0 Å². The number of ether oxygens (including phenoxy) is 1. The van der Waals surface area contributed by atoms with Crippen molar-refractivity contribution in [3.63, 3.8) is 0 Å². The molecule has 1 unspecified atom stereocenters. The molecular weight excluding hydrogens is 533 g/mol. The van der Waals surface area contributed by atoms with Crippen LogP contribution in [0.5, 0.6) is 0 Å². The summed E-state index contributed by atoms with van der Waals surface area (Å²) in [6.45, 7) is 9.92. The maximum atomic E-state index is 12.9. The van der Waals surface area contributed by atoms with Crippen molar-refractivity contribution in [2.24, 2.45) is 5.41 Å². The van der Waals surface area contributed by atoms with Gasteiger partial charge in [-0.3, -0.25) is 5.10 Å². The normalized spacial score (nSPS) is 22.5. The fourth-order valence-electron chi connectivity index (χ4n) is 5.13. The monoisotopic (exact) mass is 561 g/mol. The zero-order valence-electron chi connectivity index (χ0n) is 21.1. The Balaban J connectivity index is 1.41. The average Bonchev–Trinajstić information content (AvgIpc) is 3.42. The summed E-state index contributed by atoms with van der Waals surface area (Å²) in [4.78, 5) is 11.4. The van der Waals surface area contributed by atoms with Gasteiger partial charge in [0.15, 0.2) is 11.3 Å². The third-order valence-electron chi connectivity index (χ3n) is 7.32. The average molecular weight is 563 g/mol. The summed E-state index contributed by atoms with van der Waals surface area (Å²) in [5, 5.41) is 18.5. The van der Waals surface area contributed by atoms with Crippen LogP contribution in [0, 0.1) is 16.7 Å². The standard InChI is InChI=1S/C25H29Cl2N7O2S/c1-14-21(33-37(35)24(2,3)4)25(13-36-14)8-10-34(11-9-25)23-29-17(12-28)18-20(31-32-22(18)30-23)15-6-5-7-16(26)19(15)27/h5-7,14,21,33H,8-11,13H2,1-4H3,(H,29,30,31,32)/t14-,21+,37?/m0/s1. The molecule has 12 heteroatoms. The zero-order valence-corrected chi connectivity index (χ0v) is 23.5. The van der Waals surface area contributed by atoms with Crippen molar-refractivity contribution in [3.8, 4) is 17.3 Å². The number of H-pyrrole nitrogens is 1. The number of benzene rings is 1. The number of nitrogens with one attached hydrogen (secondary N) is 2. The number of fused-ring (bicyclic) bond motifs is 1. The second kappa shape index (κ2) is 9.79. The van der Waals surface area contributed by atoms with Crippen molar-refractivity contribution in [1.82, 2.24) is 24.9 Å². The molecule has 0 amide bonds. The van der Waals surface area contributed by atoms with Gasteiger partial charge in [-0.15, -0.1) is 0 Å². The van der Waals surface area contributed by atoms with E-state index in [2.05, 4.69) is 35.9 Å². The maximum Gasteiger partial charge on any atom is 0.228 e. The molecule has 1 spiro atoms. The molecule has 2 N–H and O–H groups in total. The number of hydrogen-bond acceptors (Lipinski definition) is 7. The number of nitrogens with zero attached hydrogens (tertiary/aromatic N) is 5. The van der Waals surface area contributed by atoms with Gasteiger partial charge in [0.05, 0.1) is 55.6 Å². The Kier molecular flexibility index (Phi) is 6.96. The summed E-state index contributed by atoms with van der Waals surface area (Å²) < 4.78 is 21.9. The third-order valence-corrected chi connectivity index (χ3v) is 9.72. The molecule has 3 atom stereocenters. The molecule has 2 aliphatic heterocycles. The van der Waals surface area contributed by atoms with Crippen molar-refractivity contribution in [2.45, 2.75) is 57.4 Å². The Morgan fingerprint density at radius 2 is 2.00 bits per heavy atom. The van der Waals surface area contributed by atoms with E-state index in [0.717, 1.165) is 12.8 Å². The highest BCUT2D eigenvalue weighted by atomic mass is 35.5. The van der Waals surface area contributed by atoms with E-state index in [0.29, 0.717) is 58.0 Å². The van der Waals surface area contributed by atoms with Crippen LogP contribution in [0.2, 0.25) is 10.0 Å². The van der Waals surface area contributed by atoms with Gasteiger partial charge >= 0.3 is 0 Å². The minimum Gasteiger partial charge on any atom is -0.376 e. The minimum absolute atomic E-state index is 0.0101. The van der Waals surface area contributed by atoms with E-state index in [1.807, 2.05) is 33.8 Å². The molecule has 2 fully saturated rings. The van der Waals surface area contributed by atoms with E-state index in [-0.39, 0.29) is 28.0 Å². The lowest BCUT2D eigenvalue weighted by Crippen LogP contribution is -2.55. The quantitative estimate of drug-likeness (QED) is 0.476. The largest absolute Gasteiger partial charge is 0.376 e. The molecule has 4 heterocycles. The van der Waals surface area contributed by atoms with Gasteiger partial charge in [-0.05, 0) is 46.6 Å². The van der Waals surface area contributed by atoms with Gasteiger partial charge in [-0.1, -0.05) is 35.3 Å². The third kappa shape index (κ3) is 4.72. The Hall–Kier alpha value is -2.29. The van der Waals surface area contributed by atoms with Crippen molar-refractivity contribution >= 4 is 51.2 Å². The van der Waals surface area contributed by atoms with Gasteiger partial charge in [0.2, 0.25) is 5.95 Å². The SMILES string of the molecule is C[C@@H]1OCC2(CCN(c3nc(C#N)c4c(-c5cccc(Cl)c5Cl)[nH]nc4n3)CC2)[C@@H]1NS(=O)C(C)(C)C. The summed E-state index contributed by atoms with van der Waals surface area (Å²) in [7, 11) is -1.19. The molecular formula is C25H29Cl2N7O2S. The van der Waals surface area contributed by atoms with E-state index in [1.165, 1.54) is 0 Å². The van der Waals surface area contributed by atoms with Crippen LogP contribution in [-0.2, 0) is 15.7 Å². The van der Waals surface area contributed by atoms with Crippen LogP contribution in [0.15, 0.2) is 18.2 Å². The van der Waals surface area contributed by atoms with Gasteiger partial charge in [0.1, 0.15) is 6.07 Å². The van der Waals surface area contributed by atoms with Gasteiger partial charge in [-0.25, -0.2) is 13.9 Å². The number of hydrogen-bond donors (Lipinski definition) is 2. The second-order valence-electron chi connectivity index (χ2n) is 10.7. The molecule has 0 saturated carbocycles. The van der Waals surface area contributed by atoms with Crippen LogP contribution in [0.1, 0.15) is 46.2 Å². The molecule has 2 aromatic heterocycles. The van der Waals surface area contributed by atoms with E-state index >= 15 is 0 Å². The first-order valence-electron chi connectivity index (χ1n) is 12.2. The molecule has 37 heavy (non-hydrogen) atoms. The van der Waals surface area contributed by atoms with Crippen LogP contribution in [0.25, 0.3) is 22.3 Å². The first-order valence-corrected chi connectivity index (χ1v) is 14.1. The number of aromatic nitrogens is 4. The first kappa shape index (κ1) is 26.3. The number of rotatable bonds is 4. The van der Waals surface area contributed by atoms with Gasteiger partial charge in [0, 0.05) is 24.1 Å². The summed E-state index contributed by atoms with van der Waals surface area (Å²) in [6, 6.07) is 7.48. The van der Waals surface area contributed by atoms with Crippen molar-refractivity contribution in [2.75, 3.05) is 24.6 Å². The fraction of sp³-hybridized carbons (Fsp3) is 0.520. The summed E-state index contributed by atoms with van der Waals surface area (Å²) >= 11 is 12.6. The number of piperidine rings is 1. The van der Waals surface area contributed by atoms with Gasteiger partial charge < -0.3 is 9.64 Å². The maximum absolute atomic E-state index is 12.9. The molecule has 196 valence electrons. The molecule has 3 aromatic rings. The van der Waals surface area contributed by atoms with Crippen molar-refractivity contribution < 1.29 is 8.95 Å². The lowest BCUT2D eigenvalue weighted by Gasteiger charge is -2.43. The molecule has 0 bridgehead atoms. The Morgan fingerprint density at radius 1 is 1.27 bits per heavy atom. The van der Waals surface area contributed by atoms with Crippen LogP contribution < -0.4 is 9.62 Å². The highest BCUT2D eigenvalue weighted by Gasteiger charge is 2.50. The second-order valence-corrected chi connectivity index (χ2v) is 13.5.